The second-order valence-electron chi connectivity index (χ2n) is 3.49. The fourth-order valence-corrected chi connectivity index (χ4v) is 1.67. The van der Waals surface area contributed by atoms with E-state index in [4.69, 9.17) is 5.11 Å². The Balaban J connectivity index is 2.24. The van der Waals surface area contributed by atoms with Crippen molar-refractivity contribution in [3.63, 3.8) is 0 Å². The van der Waals surface area contributed by atoms with Crippen molar-refractivity contribution in [2.45, 2.75) is 18.4 Å². The summed E-state index contributed by atoms with van der Waals surface area (Å²) in [4.78, 5) is 10.4. The average molecular weight is 213 g/mol. The number of fused-ring (bicyclic) bond motifs is 1. The Morgan fingerprint density at radius 1 is 1.47 bits per heavy atom. The van der Waals surface area contributed by atoms with Gasteiger partial charge in [-0.15, -0.1) is 0 Å². The zero-order valence-corrected chi connectivity index (χ0v) is 7.71. The lowest BCUT2D eigenvalue weighted by Crippen LogP contribution is -2.45. The smallest absolute Gasteiger partial charge is 0.376 e. The molecule has 0 spiro atoms. The minimum atomic E-state index is -3.74. The Bertz CT molecular complexity index is 381. The quantitative estimate of drug-likeness (QED) is 0.786. The maximum Gasteiger partial charge on any atom is 0.376 e. The van der Waals surface area contributed by atoms with Crippen molar-refractivity contribution in [3.05, 3.63) is 29.8 Å². The standard InChI is InChI=1S/C10H9F2NO2/c11-10(12,9(14)15)8-5-6-3-1-2-4-7(6)13-8/h1-4,8,13H,5H2,(H,14,15). The van der Waals surface area contributed by atoms with Gasteiger partial charge >= 0.3 is 11.9 Å². The monoisotopic (exact) mass is 213 g/mol. The number of carbonyl (C=O) groups is 1. The van der Waals surface area contributed by atoms with E-state index in [-0.39, 0.29) is 6.42 Å². The summed E-state index contributed by atoms with van der Waals surface area (Å²) < 4.78 is 26.3. The lowest BCUT2D eigenvalue weighted by Gasteiger charge is -2.19. The Hall–Kier alpha value is -1.65. The van der Waals surface area contributed by atoms with Gasteiger partial charge in [0.15, 0.2) is 0 Å². The van der Waals surface area contributed by atoms with E-state index >= 15 is 0 Å². The SMILES string of the molecule is O=C(O)C(F)(F)C1Cc2ccccc2N1. The largest absolute Gasteiger partial charge is 0.477 e. The lowest BCUT2D eigenvalue weighted by atomic mass is 10.1. The van der Waals surface area contributed by atoms with E-state index in [2.05, 4.69) is 5.32 Å². The Kier molecular flexibility index (Phi) is 2.10. The first-order chi connectivity index (χ1) is 7.01. The van der Waals surface area contributed by atoms with Crippen molar-refractivity contribution < 1.29 is 18.7 Å². The van der Waals surface area contributed by atoms with Crippen molar-refractivity contribution in [2.24, 2.45) is 0 Å². The molecule has 1 aliphatic rings. The summed E-state index contributed by atoms with van der Waals surface area (Å²) in [5.74, 6) is -5.83. The number of benzene rings is 1. The summed E-state index contributed by atoms with van der Waals surface area (Å²) in [7, 11) is 0. The van der Waals surface area contributed by atoms with Crippen LogP contribution in [0.5, 0.6) is 0 Å². The predicted octanol–water partition coefficient (Wildman–Crippen LogP) is 1.74. The van der Waals surface area contributed by atoms with Gasteiger partial charge in [0.05, 0.1) is 0 Å². The number of hydrogen-bond acceptors (Lipinski definition) is 2. The van der Waals surface area contributed by atoms with Gasteiger partial charge in [-0.05, 0) is 11.6 Å². The highest BCUT2D eigenvalue weighted by atomic mass is 19.3. The number of anilines is 1. The summed E-state index contributed by atoms with van der Waals surface area (Å²) >= 11 is 0. The summed E-state index contributed by atoms with van der Waals surface area (Å²) in [6, 6.07) is 5.47. The molecule has 0 radical (unpaired) electrons. The molecule has 1 heterocycles. The Morgan fingerprint density at radius 3 is 2.73 bits per heavy atom. The van der Waals surface area contributed by atoms with Crippen LogP contribution in [-0.4, -0.2) is 23.0 Å². The second kappa shape index (κ2) is 3.18. The third kappa shape index (κ3) is 1.54. The topological polar surface area (TPSA) is 49.3 Å². The summed E-state index contributed by atoms with van der Waals surface area (Å²) in [5.41, 5.74) is 1.31. The molecule has 1 unspecified atom stereocenters. The third-order valence-electron chi connectivity index (χ3n) is 2.49. The van der Waals surface area contributed by atoms with Gasteiger partial charge in [0.25, 0.3) is 0 Å². The summed E-state index contributed by atoms with van der Waals surface area (Å²) in [6.07, 6.45) is 0.0372. The molecule has 1 aliphatic heterocycles. The van der Waals surface area contributed by atoms with E-state index in [1.165, 1.54) is 0 Å². The van der Waals surface area contributed by atoms with Crippen molar-refractivity contribution >= 4 is 11.7 Å². The lowest BCUT2D eigenvalue weighted by molar-refractivity contribution is -0.166. The Labute approximate surface area is 84.7 Å². The van der Waals surface area contributed by atoms with Crippen LogP contribution in [0.1, 0.15) is 5.56 Å². The molecule has 0 aromatic heterocycles. The van der Waals surface area contributed by atoms with E-state index in [9.17, 15) is 13.6 Å². The molecule has 0 bridgehead atoms. The van der Waals surface area contributed by atoms with Gasteiger partial charge in [0.1, 0.15) is 6.04 Å². The van der Waals surface area contributed by atoms with Gasteiger partial charge in [-0.25, -0.2) is 4.79 Å². The zero-order valence-electron chi connectivity index (χ0n) is 7.71. The number of hydrogen-bond donors (Lipinski definition) is 2. The number of halogens is 2. The first-order valence-corrected chi connectivity index (χ1v) is 4.47. The number of nitrogens with one attached hydrogen (secondary N) is 1. The van der Waals surface area contributed by atoms with Crippen LogP contribution in [0.3, 0.4) is 0 Å². The molecule has 0 saturated heterocycles. The molecule has 1 aromatic carbocycles. The van der Waals surface area contributed by atoms with Gasteiger partial charge in [-0.3, -0.25) is 0 Å². The highest BCUT2D eigenvalue weighted by molar-refractivity contribution is 5.78. The zero-order chi connectivity index (χ0) is 11.1. The molecule has 15 heavy (non-hydrogen) atoms. The molecule has 0 saturated carbocycles. The fraction of sp³-hybridized carbons (Fsp3) is 0.300. The van der Waals surface area contributed by atoms with Crippen LogP contribution >= 0.6 is 0 Å². The number of para-hydroxylation sites is 1. The maximum absolute atomic E-state index is 13.2. The number of carboxylic acid groups (broad SMARTS) is 1. The van der Waals surface area contributed by atoms with Crippen molar-refractivity contribution in [2.75, 3.05) is 5.32 Å². The van der Waals surface area contributed by atoms with Crippen LogP contribution in [0.25, 0.3) is 0 Å². The molecule has 0 aliphatic carbocycles. The molecule has 3 nitrogen and oxygen atoms in total. The van der Waals surface area contributed by atoms with Crippen molar-refractivity contribution in [3.8, 4) is 0 Å². The minimum absolute atomic E-state index is 0.0372. The first-order valence-electron chi connectivity index (χ1n) is 4.47. The summed E-state index contributed by atoms with van der Waals surface area (Å²) in [5, 5.41) is 10.9. The highest BCUT2D eigenvalue weighted by Gasteiger charge is 2.49. The minimum Gasteiger partial charge on any atom is -0.477 e. The van der Waals surface area contributed by atoms with E-state index in [1.807, 2.05) is 0 Å². The van der Waals surface area contributed by atoms with Crippen LogP contribution in [0.4, 0.5) is 14.5 Å². The molecule has 0 amide bonds. The van der Waals surface area contributed by atoms with E-state index in [0.29, 0.717) is 5.69 Å². The average Bonchev–Trinajstić information content (AvgIpc) is 2.61. The van der Waals surface area contributed by atoms with Crippen LogP contribution in [0, 0.1) is 0 Å². The normalized spacial score (nSPS) is 19.5. The predicted molar refractivity (Wildman–Crippen MR) is 50.1 cm³/mol. The van der Waals surface area contributed by atoms with Gasteiger partial charge in [0, 0.05) is 12.1 Å². The number of aliphatic carboxylic acids is 1. The highest BCUT2D eigenvalue weighted by Crippen LogP contribution is 2.33. The molecule has 80 valence electrons. The number of alkyl halides is 2. The van der Waals surface area contributed by atoms with Crippen LogP contribution in [-0.2, 0) is 11.2 Å². The van der Waals surface area contributed by atoms with Gasteiger partial charge in [0.2, 0.25) is 0 Å². The van der Waals surface area contributed by atoms with Gasteiger partial charge in [-0.2, -0.15) is 8.78 Å². The number of rotatable bonds is 2. The second-order valence-corrected chi connectivity index (χ2v) is 3.49. The summed E-state index contributed by atoms with van der Waals surface area (Å²) in [6.45, 7) is 0. The maximum atomic E-state index is 13.2. The fourth-order valence-electron chi connectivity index (χ4n) is 1.67. The molecule has 2 N–H and O–H groups in total. The molecule has 2 rings (SSSR count). The molecular weight excluding hydrogens is 204 g/mol. The van der Waals surface area contributed by atoms with Gasteiger partial charge in [-0.1, -0.05) is 18.2 Å². The molecule has 0 fully saturated rings. The van der Waals surface area contributed by atoms with E-state index in [1.54, 1.807) is 24.3 Å². The van der Waals surface area contributed by atoms with Crippen LogP contribution in [0.15, 0.2) is 24.3 Å². The number of carboxylic acids is 1. The third-order valence-corrected chi connectivity index (χ3v) is 2.49. The van der Waals surface area contributed by atoms with Crippen LogP contribution < -0.4 is 5.32 Å². The van der Waals surface area contributed by atoms with Crippen molar-refractivity contribution in [1.29, 1.82) is 0 Å². The molecule has 5 heteroatoms. The van der Waals surface area contributed by atoms with E-state index in [0.717, 1.165) is 5.56 Å². The Morgan fingerprint density at radius 2 is 2.13 bits per heavy atom. The molecule has 1 atom stereocenters. The van der Waals surface area contributed by atoms with Crippen LogP contribution in [0.2, 0.25) is 0 Å². The van der Waals surface area contributed by atoms with Gasteiger partial charge < -0.3 is 10.4 Å². The molecular formula is C10H9F2NO2. The van der Waals surface area contributed by atoms with Crippen molar-refractivity contribution in [1.82, 2.24) is 0 Å². The molecule has 1 aromatic rings. The first kappa shape index (κ1) is 9.89. The van der Waals surface area contributed by atoms with E-state index < -0.39 is 17.9 Å².